The molecule has 0 saturated heterocycles. The molecule has 8 heteroatoms. The normalized spacial score (nSPS) is 11.2. The molecule has 1 aromatic rings. The number of ether oxygens (including phenoxy) is 1. The summed E-state index contributed by atoms with van der Waals surface area (Å²) in [7, 11) is 1.42. The summed E-state index contributed by atoms with van der Waals surface area (Å²) in [5, 5.41) is 10.7. The summed E-state index contributed by atoms with van der Waals surface area (Å²) in [6.45, 7) is 2.95. The molecule has 0 fully saturated rings. The van der Waals surface area contributed by atoms with Crippen molar-refractivity contribution in [2.75, 3.05) is 6.61 Å². The van der Waals surface area contributed by atoms with Crippen LogP contribution in [0, 0.1) is 10.1 Å². The van der Waals surface area contributed by atoms with Crippen LogP contribution in [0.5, 0.6) is 0 Å². The minimum Gasteiger partial charge on any atom is -0.462 e. The van der Waals surface area contributed by atoms with Crippen LogP contribution in [0.2, 0.25) is 0 Å². The highest BCUT2D eigenvalue weighted by molar-refractivity contribution is 6.19. The minimum atomic E-state index is -0.777. The predicted molar refractivity (Wildman–Crippen MR) is 65.2 cm³/mol. The van der Waals surface area contributed by atoms with Crippen LogP contribution in [0.4, 0.5) is 5.82 Å². The van der Waals surface area contributed by atoms with E-state index in [0.717, 1.165) is 6.20 Å². The van der Waals surface area contributed by atoms with Gasteiger partial charge in [0.25, 0.3) is 0 Å². The number of imidazole rings is 1. The molecule has 0 unspecified atom stereocenters. The van der Waals surface area contributed by atoms with Gasteiger partial charge in [-0.15, -0.1) is 0 Å². The third-order valence-electron chi connectivity index (χ3n) is 2.33. The van der Waals surface area contributed by atoms with Crippen molar-refractivity contribution < 1.29 is 19.2 Å². The number of carbonyl (C=O) groups excluding carboxylic acids is 2. The maximum Gasteiger partial charge on any atom is 0.342 e. The molecule has 0 aromatic carbocycles. The quantitative estimate of drug-likeness (QED) is 0.196. The monoisotopic (exact) mass is 267 g/mol. The molecule has 0 bridgehead atoms. The third-order valence-corrected chi connectivity index (χ3v) is 2.33. The number of nitro groups is 1. The second-order valence-corrected chi connectivity index (χ2v) is 3.63. The lowest BCUT2D eigenvalue weighted by atomic mass is 10.1. The topological polar surface area (TPSA) is 104 Å². The van der Waals surface area contributed by atoms with Gasteiger partial charge in [0, 0.05) is 6.08 Å². The lowest BCUT2D eigenvalue weighted by Crippen LogP contribution is -2.14. The number of esters is 1. The zero-order valence-electron chi connectivity index (χ0n) is 10.7. The second-order valence-electron chi connectivity index (χ2n) is 3.63. The first kappa shape index (κ1) is 14.6. The SMILES string of the molecule is CCOC(=O)C(=Cc1ncc([N+](=O)[O-])n1C)C(C)=O. The summed E-state index contributed by atoms with van der Waals surface area (Å²) < 4.78 is 5.90. The van der Waals surface area contributed by atoms with Crippen LogP contribution in [-0.2, 0) is 21.4 Å². The van der Waals surface area contributed by atoms with E-state index in [9.17, 15) is 19.7 Å². The number of rotatable bonds is 5. The van der Waals surface area contributed by atoms with Crippen LogP contribution in [-0.4, -0.2) is 32.8 Å². The number of ketones is 1. The fraction of sp³-hybridized carbons (Fsp3) is 0.364. The van der Waals surface area contributed by atoms with Gasteiger partial charge in [0.15, 0.2) is 5.78 Å². The Balaban J connectivity index is 3.20. The standard InChI is InChI=1S/C11H13N3O5/c1-4-19-11(16)8(7(2)15)5-9-12-6-10(13(9)3)14(17)18/h5-6H,4H2,1-3H3. The lowest BCUT2D eigenvalue weighted by molar-refractivity contribution is -0.391. The molecule has 1 heterocycles. The molecule has 102 valence electrons. The van der Waals surface area contributed by atoms with Crippen molar-refractivity contribution in [2.45, 2.75) is 13.8 Å². The Kier molecular flexibility index (Phi) is 4.51. The van der Waals surface area contributed by atoms with Gasteiger partial charge in [0.2, 0.25) is 5.82 Å². The predicted octanol–water partition coefficient (Wildman–Crippen LogP) is 0.864. The van der Waals surface area contributed by atoms with Crippen molar-refractivity contribution in [1.29, 1.82) is 0 Å². The van der Waals surface area contributed by atoms with E-state index in [2.05, 4.69) is 4.98 Å². The van der Waals surface area contributed by atoms with E-state index in [1.807, 2.05) is 0 Å². The van der Waals surface area contributed by atoms with E-state index in [0.29, 0.717) is 0 Å². The molecule has 0 spiro atoms. The fourth-order valence-corrected chi connectivity index (χ4v) is 1.36. The molecule has 19 heavy (non-hydrogen) atoms. The largest absolute Gasteiger partial charge is 0.462 e. The lowest BCUT2D eigenvalue weighted by Gasteiger charge is -2.02. The van der Waals surface area contributed by atoms with Crippen molar-refractivity contribution in [3.8, 4) is 0 Å². The molecule has 8 nitrogen and oxygen atoms in total. The van der Waals surface area contributed by atoms with Crippen LogP contribution in [0.1, 0.15) is 19.7 Å². The number of hydrogen-bond acceptors (Lipinski definition) is 6. The Hall–Kier alpha value is -2.51. The Bertz CT molecular complexity index is 559. The summed E-state index contributed by atoms with van der Waals surface area (Å²) in [5.41, 5.74) is -0.203. The Morgan fingerprint density at radius 2 is 2.21 bits per heavy atom. The van der Waals surface area contributed by atoms with Crippen molar-refractivity contribution in [1.82, 2.24) is 9.55 Å². The molecular weight excluding hydrogens is 254 g/mol. The minimum absolute atomic E-state index is 0.129. The van der Waals surface area contributed by atoms with Crippen LogP contribution in [0.25, 0.3) is 6.08 Å². The van der Waals surface area contributed by atoms with E-state index >= 15 is 0 Å². The van der Waals surface area contributed by atoms with Gasteiger partial charge in [0.05, 0.1) is 13.7 Å². The van der Waals surface area contributed by atoms with Gasteiger partial charge < -0.3 is 14.9 Å². The fourth-order valence-electron chi connectivity index (χ4n) is 1.36. The highest BCUT2D eigenvalue weighted by Gasteiger charge is 2.20. The van der Waals surface area contributed by atoms with Crippen molar-refractivity contribution >= 4 is 23.6 Å². The molecule has 0 N–H and O–H groups in total. The first-order valence-electron chi connectivity index (χ1n) is 5.44. The number of nitrogens with zero attached hydrogens (tertiary/aromatic N) is 3. The Morgan fingerprint density at radius 1 is 1.58 bits per heavy atom. The van der Waals surface area contributed by atoms with Crippen molar-refractivity contribution in [2.24, 2.45) is 7.05 Å². The molecule has 0 saturated carbocycles. The molecule has 0 aliphatic carbocycles. The van der Waals surface area contributed by atoms with Crippen LogP contribution >= 0.6 is 0 Å². The number of aromatic nitrogens is 2. The Labute approximate surface area is 108 Å². The summed E-state index contributed by atoms with van der Waals surface area (Å²) in [6.07, 6.45) is 2.22. The van der Waals surface area contributed by atoms with E-state index in [1.54, 1.807) is 6.92 Å². The third kappa shape index (κ3) is 3.24. The molecule has 0 amide bonds. The van der Waals surface area contributed by atoms with Gasteiger partial charge in [-0.2, -0.15) is 0 Å². The molecule has 0 aliphatic heterocycles. The van der Waals surface area contributed by atoms with Gasteiger partial charge in [-0.3, -0.25) is 4.79 Å². The van der Waals surface area contributed by atoms with Gasteiger partial charge >= 0.3 is 11.8 Å². The van der Waals surface area contributed by atoms with E-state index in [-0.39, 0.29) is 23.8 Å². The van der Waals surface area contributed by atoms with Crippen LogP contribution < -0.4 is 0 Å². The summed E-state index contributed by atoms with van der Waals surface area (Å²) in [5.74, 6) is -1.38. The molecular formula is C11H13N3O5. The summed E-state index contributed by atoms with van der Waals surface area (Å²) in [4.78, 5) is 36.8. The first-order chi connectivity index (χ1) is 8.88. The zero-order valence-corrected chi connectivity index (χ0v) is 10.7. The van der Waals surface area contributed by atoms with E-state index < -0.39 is 16.7 Å². The van der Waals surface area contributed by atoms with Crippen LogP contribution in [0.3, 0.4) is 0 Å². The zero-order chi connectivity index (χ0) is 14.6. The van der Waals surface area contributed by atoms with Crippen molar-refractivity contribution in [3.63, 3.8) is 0 Å². The van der Waals surface area contributed by atoms with E-state index in [1.165, 1.54) is 24.6 Å². The van der Waals surface area contributed by atoms with Crippen LogP contribution in [0.15, 0.2) is 11.8 Å². The maximum atomic E-state index is 11.6. The number of carbonyl (C=O) groups is 2. The number of Topliss-reactive ketones (excluding diaryl/α,β-unsaturated/α-hetero) is 1. The first-order valence-corrected chi connectivity index (χ1v) is 5.44. The molecule has 1 aromatic heterocycles. The summed E-state index contributed by atoms with van der Waals surface area (Å²) in [6, 6.07) is 0. The van der Waals surface area contributed by atoms with Gasteiger partial charge in [-0.1, -0.05) is 0 Å². The molecule has 0 atom stereocenters. The highest BCUT2D eigenvalue weighted by Crippen LogP contribution is 2.15. The smallest absolute Gasteiger partial charge is 0.342 e. The van der Waals surface area contributed by atoms with Crippen molar-refractivity contribution in [3.05, 3.63) is 27.7 Å². The van der Waals surface area contributed by atoms with Gasteiger partial charge in [0.1, 0.15) is 11.8 Å². The van der Waals surface area contributed by atoms with E-state index in [4.69, 9.17) is 4.74 Å². The highest BCUT2D eigenvalue weighted by atomic mass is 16.6. The maximum absolute atomic E-state index is 11.6. The average molecular weight is 267 g/mol. The van der Waals surface area contributed by atoms with Gasteiger partial charge in [-0.25, -0.2) is 14.3 Å². The summed E-state index contributed by atoms with van der Waals surface area (Å²) >= 11 is 0. The second kappa shape index (κ2) is 5.89. The Morgan fingerprint density at radius 3 is 2.63 bits per heavy atom. The average Bonchev–Trinajstić information content (AvgIpc) is 2.67. The molecule has 0 aliphatic rings. The molecule has 1 rings (SSSR count). The number of hydrogen-bond donors (Lipinski definition) is 0. The molecule has 0 radical (unpaired) electrons. The van der Waals surface area contributed by atoms with Gasteiger partial charge in [-0.05, 0) is 18.8 Å².